The zero-order valence-electron chi connectivity index (χ0n) is 20.9. The summed E-state index contributed by atoms with van der Waals surface area (Å²) in [6.07, 6.45) is 0.389. The van der Waals surface area contributed by atoms with Gasteiger partial charge in [0.2, 0.25) is 17.6 Å². The van der Waals surface area contributed by atoms with Gasteiger partial charge in [-0.1, -0.05) is 0 Å². The van der Waals surface area contributed by atoms with E-state index in [-0.39, 0.29) is 18.2 Å². The summed E-state index contributed by atoms with van der Waals surface area (Å²) in [4.78, 5) is 6.64. The smallest absolute Gasteiger partial charge is 0.248 e. The van der Waals surface area contributed by atoms with E-state index in [1.807, 2.05) is 6.07 Å². The molecular weight excluding hydrogens is 462 g/mol. The van der Waals surface area contributed by atoms with E-state index in [2.05, 4.69) is 40.2 Å². The highest BCUT2D eigenvalue weighted by Gasteiger charge is 2.22. The molecule has 3 N–H and O–H groups in total. The van der Waals surface area contributed by atoms with E-state index in [1.165, 1.54) is 4.68 Å². The fourth-order valence-corrected chi connectivity index (χ4v) is 4.23. The van der Waals surface area contributed by atoms with E-state index >= 15 is 0 Å². The predicted molar refractivity (Wildman–Crippen MR) is 135 cm³/mol. The minimum Gasteiger partial charge on any atom is -0.493 e. The summed E-state index contributed by atoms with van der Waals surface area (Å²) >= 11 is 0. The Labute approximate surface area is 210 Å². The molecule has 0 saturated carbocycles. The second-order valence-electron chi connectivity index (χ2n) is 8.56. The number of nitrogens with zero attached hydrogens (tertiary/aromatic N) is 5. The largest absolute Gasteiger partial charge is 0.493 e. The van der Waals surface area contributed by atoms with E-state index < -0.39 is 0 Å². The van der Waals surface area contributed by atoms with Crippen molar-refractivity contribution in [1.29, 1.82) is 5.26 Å². The number of benzene rings is 2. The quantitative estimate of drug-likeness (QED) is 0.458. The van der Waals surface area contributed by atoms with Crippen molar-refractivity contribution in [2.45, 2.75) is 26.1 Å². The lowest BCUT2D eigenvalue weighted by Crippen LogP contribution is -2.46. The zero-order valence-corrected chi connectivity index (χ0v) is 20.9. The number of nitrogens with two attached hydrogens (primary N) is 1. The molecular formula is C25H31N7O4. The molecule has 0 radical (unpaired) electrons. The topological polar surface area (TPSA) is 133 Å². The third-order valence-corrected chi connectivity index (χ3v) is 5.73. The monoisotopic (exact) mass is 493 g/mol. The fourth-order valence-electron chi connectivity index (χ4n) is 4.23. The van der Waals surface area contributed by atoms with Gasteiger partial charge in [0.15, 0.2) is 11.5 Å². The number of hydrogen-bond acceptors (Lipinski definition) is 10. The molecule has 190 valence electrons. The summed E-state index contributed by atoms with van der Waals surface area (Å²) < 4.78 is 24.5. The van der Waals surface area contributed by atoms with Crippen LogP contribution in [0, 0.1) is 11.3 Å². The van der Waals surface area contributed by atoms with Gasteiger partial charge in [0.05, 0.1) is 43.7 Å². The van der Waals surface area contributed by atoms with Crippen LogP contribution in [0.5, 0.6) is 17.2 Å². The lowest BCUT2D eigenvalue weighted by molar-refractivity contribution is -0.0699. The second kappa shape index (κ2) is 11.2. The zero-order chi connectivity index (χ0) is 25.7. The average Bonchev–Trinajstić information content (AvgIpc) is 3.22. The molecule has 3 aromatic rings. The van der Waals surface area contributed by atoms with Gasteiger partial charge in [-0.05, 0) is 38.1 Å². The van der Waals surface area contributed by atoms with Crippen LogP contribution in [-0.2, 0) is 4.74 Å². The number of methoxy groups -OCH3 is 2. The number of morpholine rings is 1. The van der Waals surface area contributed by atoms with Gasteiger partial charge in [-0.3, -0.25) is 4.90 Å². The minimum atomic E-state index is 0.194. The molecule has 1 saturated heterocycles. The molecule has 0 aliphatic carbocycles. The van der Waals surface area contributed by atoms with Crippen LogP contribution in [0.25, 0.3) is 5.69 Å². The van der Waals surface area contributed by atoms with Crippen molar-refractivity contribution in [3.63, 3.8) is 0 Å². The molecule has 2 atom stereocenters. The van der Waals surface area contributed by atoms with Crippen molar-refractivity contribution in [2.75, 3.05) is 51.5 Å². The Kier molecular flexibility index (Phi) is 7.77. The number of aromatic nitrogens is 3. The first kappa shape index (κ1) is 25.1. The number of hydrogen-bond donors (Lipinski definition) is 2. The Balaban J connectivity index is 1.50. The van der Waals surface area contributed by atoms with Crippen LogP contribution in [0.3, 0.4) is 0 Å². The van der Waals surface area contributed by atoms with Crippen LogP contribution in [0.1, 0.15) is 19.4 Å². The van der Waals surface area contributed by atoms with E-state index in [1.54, 1.807) is 44.6 Å². The number of nitrogens with one attached hydrogen (secondary N) is 1. The van der Waals surface area contributed by atoms with Crippen molar-refractivity contribution < 1.29 is 18.9 Å². The Morgan fingerprint density at radius 3 is 2.44 bits per heavy atom. The summed E-state index contributed by atoms with van der Waals surface area (Å²) in [5, 5.41) is 16.6. The summed E-state index contributed by atoms with van der Waals surface area (Å²) in [5.74, 6) is 2.04. The molecule has 1 aliphatic rings. The molecule has 1 aliphatic heterocycles. The third kappa shape index (κ3) is 5.79. The Hall–Kier alpha value is -4.01. The van der Waals surface area contributed by atoms with E-state index in [9.17, 15) is 0 Å². The summed E-state index contributed by atoms with van der Waals surface area (Å²) in [6.45, 7) is 7.12. The molecule has 0 amide bonds. The number of anilines is 3. The van der Waals surface area contributed by atoms with Gasteiger partial charge in [-0.25, -0.2) is 0 Å². The molecule has 0 bridgehead atoms. The average molecular weight is 494 g/mol. The minimum absolute atomic E-state index is 0.194. The first-order valence-electron chi connectivity index (χ1n) is 11.7. The maximum Gasteiger partial charge on any atom is 0.248 e. The first-order valence-corrected chi connectivity index (χ1v) is 11.7. The molecule has 36 heavy (non-hydrogen) atoms. The molecule has 11 nitrogen and oxygen atoms in total. The predicted octanol–water partition coefficient (Wildman–Crippen LogP) is 2.97. The van der Waals surface area contributed by atoms with Crippen molar-refractivity contribution in [3.8, 4) is 29.0 Å². The molecule has 4 rings (SSSR count). The molecule has 11 heteroatoms. The van der Waals surface area contributed by atoms with Crippen molar-refractivity contribution in [1.82, 2.24) is 19.7 Å². The molecule has 1 aromatic heterocycles. The first-order chi connectivity index (χ1) is 17.4. The maximum absolute atomic E-state index is 9.01. The number of nitrogen functional groups attached to an aromatic ring is 1. The second-order valence-corrected chi connectivity index (χ2v) is 8.56. The van der Waals surface area contributed by atoms with Gasteiger partial charge < -0.3 is 30.0 Å². The highest BCUT2D eigenvalue weighted by molar-refractivity contribution is 5.66. The standard InChI is InChI=1S/C25H31N7O4/c1-16-14-31(15-17(2)36-16)9-10-35-22-12-19(11-21(33-3)23(22)34-4)28-25-29-24(27)32(30-25)20-7-5-18(13-26)6-8-20/h5-8,11-12,16-17H,9-10,14-15H2,1-4H3,(H3,27,28,29,30). The van der Waals surface area contributed by atoms with E-state index in [4.69, 9.17) is 29.9 Å². The van der Waals surface area contributed by atoms with Crippen LogP contribution in [-0.4, -0.2) is 72.3 Å². The van der Waals surface area contributed by atoms with Crippen LogP contribution in [0.15, 0.2) is 36.4 Å². The van der Waals surface area contributed by atoms with Gasteiger partial charge in [0.25, 0.3) is 0 Å². The van der Waals surface area contributed by atoms with Gasteiger partial charge in [0, 0.05) is 37.5 Å². The fraction of sp³-hybridized carbons (Fsp3) is 0.400. The highest BCUT2D eigenvalue weighted by Crippen LogP contribution is 2.40. The SMILES string of the molecule is COc1cc(Nc2nc(N)n(-c3ccc(C#N)cc3)n2)cc(OCCN2CC(C)OC(C)C2)c1OC. The Morgan fingerprint density at radius 1 is 1.11 bits per heavy atom. The summed E-state index contributed by atoms with van der Waals surface area (Å²) in [5.41, 5.74) is 7.97. The van der Waals surface area contributed by atoms with E-state index in [0.717, 1.165) is 19.6 Å². The molecule has 2 unspecified atom stereocenters. The molecule has 0 spiro atoms. The van der Waals surface area contributed by atoms with Crippen molar-refractivity contribution in [3.05, 3.63) is 42.0 Å². The molecule has 2 heterocycles. The highest BCUT2D eigenvalue weighted by atomic mass is 16.5. The Morgan fingerprint density at radius 2 is 1.81 bits per heavy atom. The van der Waals surface area contributed by atoms with Gasteiger partial charge in [-0.2, -0.15) is 14.9 Å². The van der Waals surface area contributed by atoms with Crippen molar-refractivity contribution >= 4 is 17.6 Å². The van der Waals surface area contributed by atoms with Gasteiger partial charge in [0.1, 0.15) is 6.61 Å². The van der Waals surface area contributed by atoms with Crippen LogP contribution < -0.4 is 25.3 Å². The van der Waals surface area contributed by atoms with Crippen LogP contribution >= 0.6 is 0 Å². The normalized spacial score (nSPS) is 17.9. The number of ether oxygens (including phenoxy) is 4. The maximum atomic E-state index is 9.01. The Bertz CT molecular complexity index is 1210. The van der Waals surface area contributed by atoms with Gasteiger partial charge >= 0.3 is 0 Å². The van der Waals surface area contributed by atoms with E-state index in [0.29, 0.717) is 46.7 Å². The number of nitriles is 1. The lowest BCUT2D eigenvalue weighted by atomic mass is 10.2. The lowest BCUT2D eigenvalue weighted by Gasteiger charge is -2.35. The molecule has 1 fully saturated rings. The van der Waals surface area contributed by atoms with Crippen LogP contribution in [0.2, 0.25) is 0 Å². The van der Waals surface area contributed by atoms with Crippen LogP contribution in [0.4, 0.5) is 17.6 Å². The van der Waals surface area contributed by atoms with Crippen molar-refractivity contribution in [2.24, 2.45) is 0 Å². The summed E-state index contributed by atoms with van der Waals surface area (Å²) in [6, 6.07) is 12.6. The third-order valence-electron chi connectivity index (χ3n) is 5.73. The number of rotatable bonds is 9. The van der Waals surface area contributed by atoms with Gasteiger partial charge in [-0.15, -0.1) is 5.10 Å². The summed E-state index contributed by atoms with van der Waals surface area (Å²) in [7, 11) is 3.14. The molecule has 2 aromatic carbocycles.